The maximum atomic E-state index is 13.1. The summed E-state index contributed by atoms with van der Waals surface area (Å²) < 4.78 is 27.6. The minimum Gasteiger partial charge on any atom is -0.353 e. The maximum Gasteiger partial charge on any atom is 0.248 e. The Kier molecular flexibility index (Phi) is 5.97. The fourth-order valence-electron chi connectivity index (χ4n) is 4.52. The van der Waals surface area contributed by atoms with Crippen molar-refractivity contribution in [2.24, 2.45) is 11.8 Å². The van der Waals surface area contributed by atoms with Crippen molar-refractivity contribution < 1.29 is 13.2 Å². The molecule has 2 aromatic rings. The van der Waals surface area contributed by atoms with Crippen LogP contribution in [0.3, 0.4) is 0 Å². The van der Waals surface area contributed by atoms with Gasteiger partial charge in [0.25, 0.3) is 0 Å². The SMILES string of the molecule is CC1CCC(NC(=O)C2CCN(S(=O)(=O)c3ccc4[nH]c(=O)ccc4c3)CC2)CC1. The highest BCUT2D eigenvalue weighted by Crippen LogP contribution is 2.27. The quantitative estimate of drug-likeness (QED) is 0.777. The molecule has 2 aliphatic rings. The molecule has 1 aliphatic heterocycles. The highest BCUT2D eigenvalue weighted by atomic mass is 32.2. The number of aromatic nitrogens is 1. The van der Waals surface area contributed by atoms with E-state index >= 15 is 0 Å². The van der Waals surface area contributed by atoms with Crippen molar-refractivity contribution in [3.8, 4) is 0 Å². The molecular formula is C22H29N3O4S. The second-order valence-corrected chi connectivity index (χ2v) is 10.7. The largest absolute Gasteiger partial charge is 0.353 e. The summed E-state index contributed by atoms with van der Waals surface area (Å²) in [6, 6.07) is 8.00. The molecule has 1 aromatic heterocycles. The summed E-state index contributed by atoms with van der Waals surface area (Å²) >= 11 is 0. The molecule has 1 aromatic carbocycles. The lowest BCUT2D eigenvalue weighted by molar-refractivity contribution is -0.127. The van der Waals surface area contributed by atoms with E-state index in [-0.39, 0.29) is 28.3 Å². The first-order valence-corrected chi connectivity index (χ1v) is 12.2. The molecule has 0 radical (unpaired) electrons. The van der Waals surface area contributed by atoms with Gasteiger partial charge in [0.1, 0.15) is 0 Å². The van der Waals surface area contributed by atoms with Crippen LogP contribution in [0.4, 0.5) is 0 Å². The number of amides is 1. The molecule has 1 saturated heterocycles. The minimum absolute atomic E-state index is 0.0706. The number of carbonyl (C=O) groups is 1. The van der Waals surface area contributed by atoms with Gasteiger partial charge in [0.2, 0.25) is 21.5 Å². The van der Waals surface area contributed by atoms with Crippen LogP contribution in [0.15, 0.2) is 40.0 Å². The number of piperidine rings is 1. The van der Waals surface area contributed by atoms with Crippen LogP contribution in [0.5, 0.6) is 0 Å². The van der Waals surface area contributed by atoms with Crippen LogP contribution in [0.25, 0.3) is 10.9 Å². The number of rotatable bonds is 4. The first-order chi connectivity index (χ1) is 14.3. The average Bonchev–Trinajstić information content (AvgIpc) is 2.75. The van der Waals surface area contributed by atoms with E-state index in [9.17, 15) is 18.0 Å². The van der Waals surface area contributed by atoms with E-state index in [4.69, 9.17) is 0 Å². The number of fused-ring (bicyclic) bond motifs is 1. The summed E-state index contributed by atoms with van der Waals surface area (Å²) in [6.45, 7) is 2.93. The van der Waals surface area contributed by atoms with Crippen molar-refractivity contribution >= 4 is 26.8 Å². The summed E-state index contributed by atoms with van der Waals surface area (Å²) in [7, 11) is -3.64. The van der Waals surface area contributed by atoms with E-state index in [2.05, 4.69) is 17.2 Å². The van der Waals surface area contributed by atoms with Crippen LogP contribution in [-0.2, 0) is 14.8 Å². The first kappa shape index (κ1) is 21.1. The number of aromatic amines is 1. The second kappa shape index (κ2) is 8.51. The summed E-state index contributed by atoms with van der Waals surface area (Å²) in [4.78, 5) is 27.0. The molecule has 1 aliphatic carbocycles. The van der Waals surface area contributed by atoms with Gasteiger partial charge in [-0.25, -0.2) is 8.42 Å². The molecule has 2 heterocycles. The van der Waals surface area contributed by atoms with Crippen molar-refractivity contribution in [1.82, 2.24) is 14.6 Å². The molecule has 30 heavy (non-hydrogen) atoms. The van der Waals surface area contributed by atoms with E-state index in [0.717, 1.165) is 31.6 Å². The van der Waals surface area contributed by atoms with Gasteiger partial charge >= 0.3 is 0 Å². The van der Waals surface area contributed by atoms with E-state index in [1.54, 1.807) is 18.2 Å². The third kappa shape index (κ3) is 4.44. The highest BCUT2D eigenvalue weighted by molar-refractivity contribution is 7.89. The van der Waals surface area contributed by atoms with Gasteiger partial charge in [0, 0.05) is 36.6 Å². The third-order valence-corrected chi connectivity index (χ3v) is 8.41. The predicted octanol–water partition coefficient (Wildman–Crippen LogP) is 2.62. The number of sulfonamides is 1. The Hall–Kier alpha value is -2.19. The Balaban J connectivity index is 1.38. The van der Waals surface area contributed by atoms with Crippen molar-refractivity contribution in [2.45, 2.75) is 56.4 Å². The lowest BCUT2D eigenvalue weighted by Crippen LogP contribution is -2.46. The number of hydrogen-bond donors (Lipinski definition) is 2. The average molecular weight is 432 g/mol. The maximum absolute atomic E-state index is 13.1. The van der Waals surface area contributed by atoms with Gasteiger partial charge in [-0.2, -0.15) is 4.31 Å². The molecule has 0 atom stereocenters. The number of benzene rings is 1. The Bertz CT molecular complexity index is 1080. The normalized spacial score (nSPS) is 24.0. The van der Waals surface area contributed by atoms with Crippen LogP contribution in [0.1, 0.15) is 45.4 Å². The fourth-order valence-corrected chi connectivity index (χ4v) is 6.03. The molecule has 0 unspecified atom stereocenters. The van der Waals surface area contributed by atoms with E-state index in [0.29, 0.717) is 36.8 Å². The molecule has 7 nitrogen and oxygen atoms in total. The van der Waals surface area contributed by atoms with E-state index < -0.39 is 10.0 Å². The molecule has 2 fully saturated rings. The van der Waals surface area contributed by atoms with Crippen molar-refractivity contribution in [3.05, 3.63) is 40.7 Å². The number of nitrogens with one attached hydrogen (secondary N) is 2. The molecule has 0 spiro atoms. The standard InChI is InChI=1S/C22H29N3O4S/c1-15-2-5-18(6-3-15)23-22(27)16-10-12-25(13-11-16)30(28,29)19-7-8-20-17(14-19)4-9-21(26)24-20/h4,7-9,14-16,18H,2-3,5-6,10-13H2,1H3,(H,23,27)(H,24,26). The second-order valence-electron chi connectivity index (χ2n) is 8.72. The number of carbonyl (C=O) groups excluding carboxylic acids is 1. The summed E-state index contributed by atoms with van der Waals surface area (Å²) in [6.07, 6.45) is 5.45. The monoisotopic (exact) mass is 431 g/mol. The Labute approximate surface area is 176 Å². The topological polar surface area (TPSA) is 99.3 Å². The Morgan fingerprint density at radius 1 is 1.03 bits per heavy atom. The number of H-pyrrole nitrogens is 1. The summed E-state index contributed by atoms with van der Waals surface area (Å²) in [5.41, 5.74) is 0.384. The van der Waals surface area contributed by atoms with E-state index in [1.165, 1.54) is 16.4 Å². The molecule has 4 rings (SSSR count). The van der Waals surface area contributed by atoms with Crippen LogP contribution in [-0.4, -0.2) is 42.7 Å². The minimum atomic E-state index is -3.64. The summed E-state index contributed by atoms with van der Waals surface area (Å²) in [5.74, 6) is 0.681. The Morgan fingerprint density at radius 2 is 1.73 bits per heavy atom. The molecule has 0 bridgehead atoms. The van der Waals surface area contributed by atoms with Gasteiger partial charge in [-0.15, -0.1) is 0 Å². The van der Waals surface area contributed by atoms with Crippen molar-refractivity contribution in [3.63, 3.8) is 0 Å². The molecule has 8 heteroatoms. The van der Waals surface area contributed by atoms with Crippen molar-refractivity contribution in [2.75, 3.05) is 13.1 Å². The zero-order valence-corrected chi connectivity index (χ0v) is 18.1. The Morgan fingerprint density at radius 3 is 2.43 bits per heavy atom. The van der Waals surface area contributed by atoms with Crippen LogP contribution in [0, 0.1) is 11.8 Å². The van der Waals surface area contributed by atoms with Gasteiger partial charge in [-0.05, 0) is 74.1 Å². The number of pyridine rings is 1. The zero-order chi connectivity index (χ0) is 21.3. The van der Waals surface area contributed by atoms with Crippen LogP contribution in [0.2, 0.25) is 0 Å². The lowest BCUT2D eigenvalue weighted by Gasteiger charge is -2.33. The highest BCUT2D eigenvalue weighted by Gasteiger charge is 2.33. The first-order valence-electron chi connectivity index (χ1n) is 10.8. The van der Waals surface area contributed by atoms with Crippen molar-refractivity contribution in [1.29, 1.82) is 0 Å². The molecular weight excluding hydrogens is 402 g/mol. The fraction of sp³-hybridized carbons (Fsp3) is 0.545. The van der Waals surface area contributed by atoms with Gasteiger partial charge in [-0.3, -0.25) is 9.59 Å². The smallest absolute Gasteiger partial charge is 0.248 e. The predicted molar refractivity (Wildman–Crippen MR) is 116 cm³/mol. The van der Waals surface area contributed by atoms with Gasteiger partial charge in [0.05, 0.1) is 4.90 Å². The lowest BCUT2D eigenvalue weighted by atomic mass is 9.87. The van der Waals surface area contributed by atoms with Crippen LogP contribution < -0.4 is 10.9 Å². The molecule has 162 valence electrons. The molecule has 2 N–H and O–H groups in total. The van der Waals surface area contributed by atoms with Crippen LogP contribution >= 0.6 is 0 Å². The summed E-state index contributed by atoms with van der Waals surface area (Å²) in [5, 5.41) is 3.86. The molecule has 1 saturated carbocycles. The molecule has 1 amide bonds. The number of hydrogen-bond acceptors (Lipinski definition) is 4. The van der Waals surface area contributed by atoms with Gasteiger partial charge < -0.3 is 10.3 Å². The van der Waals surface area contributed by atoms with Gasteiger partial charge in [0.15, 0.2) is 0 Å². The van der Waals surface area contributed by atoms with Gasteiger partial charge in [-0.1, -0.05) is 6.92 Å². The number of nitrogens with zero attached hydrogens (tertiary/aromatic N) is 1. The third-order valence-electron chi connectivity index (χ3n) is 6.52. The van der Waals surface area contributed by atoms with E-state index in [1.807, 2.05) is 0 Å². The zero-order valence-electron chi connectivity index (χ0n) is 17.3.